The molecule has 0 radical (unpaired) electrons. The Balaban J connectivity index is 2.92. The third-order valence-electron chi connectivity index (χ3n) is 1.77. The van der Waals surface area contributed by atoms with Crippen LogP contribution in [-0.4, -0.2) is 11.1 Å². The third kappa shape index (κ3) is 2.43. The first-order valence-electron chi connectivity index (χ1n) is 4.06. The maximum Gasteiger partial charge on any atom is 0.410 e. The standard InChI is InChI=1S/C9H12N2O2/c1-3-7-4-8(13-9(10)12)5-11-6(7)2/h4-5H,3H2,1-2H3,(H2,10,12). The zero-order valence-corrected chi connectivity index (χ0v) is 7.70. The molecule has 0 saturated heterocycles. The van der Waals surface area contributed by atoms with Crippen molar-refractivity contribution in [2.24, 2.45) is 5.73 Å². The SMILES string of the molecule is CCc1cc(OC(N)=O)cnc1C. The summed E-state index contributed by atoms with van der Waals surface area (Å²) in [5.74, 6) is 0.398. The Hall–Kier alpha value is -1.58. The first-order chi connectivity index (χ1) is 6.13. The lowest BCUT2D eigenvalue weighted by atomic mass is 10.1. The summed E-state index contributed by atoms with van der Waals surface area (Å²) in [6.45, 7) is 3.92. The summed E-state index contributed by atoms with van der Waals surface area (Å²) >= 11 is 0. The van der Waals surface area contributed by atoms with E-state index in [9.17, 15) is 4.79 Å². The van der Waals surface area contributed by atoms with Crippen LogP contribution in [0.4, 0.5) is 4.79 Å². The second-order valence-electron chi connectivity index (χ2n) is 2.69. The summed E-state index contributed by atoms with van der Waals surface area (Å²) in [5.41, 5.74) is 6.86. The van der Waals surface area contributed by atoms with Crippen molar-refractivity contribution in [3.63, 3.8) is 0 Å². The quantitative estimate of drug-likeness (QED) is 0.748. The highest BCUT2D eigenvalue weighted by molar-refractivity contribution is 5.67. The lowest BCUT2D eigenvalue weighted by molar-refractivity contribution is 0.210. The first kappa shape index (κ1) is 9.51. The normalized spacial score (nSPS) is 9.69. The van der Waals surface area contributed by atoms with E-state index in [1.54, 1.807) is 6.07 Å². The summed E-state index contributed by atoms with van der Waals surface area (Å²) in [6.07, 6.45) is 1.53. The Morgan fingerprint density at radius 2 is 2.38 bits per heavy atom. The molecule has 1 amide bonds. The minimum absolute atomic E-state index is 0.398. The van der Waals surface area contributed by atoms with Crippen LogP contribution in [0.1, 0.15) is 18.2 Å². The van der Waals surface area contributed by atoms with Gasteiger partial charge in [0, 0.05) is 5.69 Å². The maximum absolute atomic E-state index is 10.4. The van der Waals surface area contributed by atoms with Crippen molar-refractivity contribution in [2.45, 2.75) is 20.3 Å². The van der Waals surface area contributed by atoms with E-state index in [-0.39, 0.29) is 0 Å². The van der Waals surface area contributed by atoms with Crippen LogP contribution in [0.5, 0.6) is 5.75 Å². The second-order valence-corrected chi connectivity index (χ2v) is 2.69. The van der Waals surface area contributed by atoms with Crippen LogP contribution < -0.4 is 10.5 Å². The summed E-state index contributed by atoms with van der Waals surface area (Å²) in [4.78, 5) is 14.5. The molecule has 0 spiro atoms. The molecule has 2 N–H and O–H groups in total. The van der Waals surface area contributed by atoms with Gasteiger partial charge in [-0.2, -0.15) is 0 Å². The molecule has 0 aliphatic heterocycles. The number of amides is 1. The van der Waals surface area contributed by atoms with E-state index in [0.717, 1.165) is 17.7 Å². The van der Waals surface area contributed by atoms with Crippen molar-refractivity contribution >= 4 is 6.09 Å². The molecule has 1 rings (SSSR count). The topological polar surface area (TPSA) is 65.2 Å². The van der Waals surface area contributed by atoms with Gasteiger partial charge in [-0.1, -0.05) is 6.92 Å². The van der Waals surface area contributed by atoms with Crippen LogP contribution in [0.3, 0.4) is 0 Å². The number of carbonyl (C=O) groups is 1. The minimum atomic E-state index is -0.812. The van der Waals surface area contributed by atoms with Crippen molar-refractivity contribution in [3.8, 4) is 5.75 Å². The number of rotatable bonds is 2. The number of ether oxygens (including phenoxy) is 1. The minimum Gasteiger partial charge on any atom is -0.409 e. The highest BCUT2D eigenvalue weighted by Gasteiger charge is 2.02. The summed E-state index contributed by atoms with van der Waals surface area (Å²) in [6, 6.07) is 1.77. The molecule has 1 heterocycles. The molecule has 0 aliphatic rings. The molecule has 0 atom stereocenters. The van der Waals surface area contributed by atoms with Gasteiger partial charge < -0.3 is 10.5 Å². The van der Waals surface area contributed by atoms with E-state index in [2.05, 4.69) is 9.72 Å². The number of primary amides is 1. The van der Waals surface area contributed by atoms with Crippen LogP contribution >= 0.6 is 0 Å². The van der Waals surface area contributed by atoms with Crippen molar-refractivity contribution in [2.75, 3.05) is 0 Å². The number of carbonyl (C=O) groups excluding carboxylic acids is 1. The average molecular weight is 180 g/mol. The van der Waals surface area contributed by atoms with Crippen LogP contribution in [0, 0.1) is 6.92 Å². The van der Waals surface area contributed by atoms with Crippen LogP contribution in [0.25, 0.3) is 0 Å². The molecule has 4 heteroatoms. The molecule has 70 valence electrons. The van der Waals surface area contributed by atoms with Gasteiger partial charge in [-0.25, -0.2) is 4.79 Å². The van der Waals surface area contributed by atoms with Gasteiger partial charge >= 0.3 is 6.09 Å². The molecular formula is C9H12N2O2. The van der Waals surface area contributed by atoms with Crippen molar-refractivity contribution in [1.29, 1.82) is 0 Å². The molecule has 0 bridgehead atoms. The molecule has 1 aromatic heterocycles. The highest BCUT2D eigenvalue weighted by Crippen LogP contribution is 2.14. The van der Waals surface area contributed by atoms with E-state index >= 15 is 0 Å². The summed E-state index contributed by atoms with van der Waals surface area (Å²) in [5, 5.41) is 0. The zero-order chi connectivity index (χ0) is 9.84. The van der Waals surface area contributed by atoms with Gasteiger partial charge in [0.15, 0.2) is 5.75 Å². The highest BCUT2D eigenvalue weighted by atomic mass is 16.5. The van der Waals surface area contributed by atoms with Gasteiger partial charge in [-0.3, -0.25) is 4.98 Å². The largest absolute Gasteiger partial charge is 0.410 e. The molecule has 0 aromatic carbocycles. The Morgan fingerprint density at radius 1 is 1.69 bits per heavy atom. The van der Waals surface area contributed by atoms with Gasteiger partial charge in [0.2, 0.25) is 0 Å². The van der Waals surface area contributed by atoms with E-state index in [1.807, 2.05) is 13.8 Å². The number of aryl methyl sites for hydroxylation is 2. The number of hydrogen-bond donors (Lipinski definition) is 1. The summed E-state index contributed by atoms with van der Waals surface area (Å²) < 4.78 is 4.69. The molecule has 1 aromatic rings. The number of aromatic nitrogens is 1. The predicted octanol–water partition coefficient (Wildman–Crippen LogP) is 1.41. The van der Waals surface area contributed by atoms with Crippen LogP contribution in [0.15, 0.2) is 12.3 Å². The predicted molar refractivity (Wildman–Crippen MR) is 48.6 cm³/mol. The van der Waals surface area contributed by atoms with Crippen LogP contribution in [0.2, 0.25) is 0 Å². The lowest BCUT2D eigenvalue weighted by Crippen LogP contribution is -2.16. The number of nitrogens with zero attached hydrogens (tertiary/aromatic N) is 1. The first-order valence-corrected chi connectivity index (χ1v) is 4.06. The molecule has 0 unspecified atom stereocenters. The zero-order valence-electron chi connectivity index (χ0n) is 7.70. The number of hydrogen-bond acceptors (Lipinski definition) is 3. The van der Waals surface area contributed by atoms with Gasteiger partial charge in [0.05, 0.1) is 6.20 Å². The molecule has 13 heavy (non-hydrogen) atoms. The van der Waals surface area contributed by atoms with Gasteiger partial charge in [0.25, 0.3) is 0 Å². The van der Waals surface area contributed by atoms with Gasteiger partial charge in [0.1, 0.15) is 0 Å². The fraction of sp³-hybridized carbons (Fsp3) is 0.333. The fourth-order valence-corrected chi connectivity index (χ4v) is 1.09. The van der Waals surface area contributed by atoms with Crippen molar-refractivity contribution in [3.05, 3.63) is 23.5 Å². The Morgan fingerprint density at radius 3 is 2.92 bits per heavy atom. The van der Waals surface area contributed by atoms with E-state index < -0.39 is 6.09 Å². The molecular weight excluding hydrogens is 168 g/mol. The Bertz CT molecular complexity index is 323. The lowest BCUT2D eigenvalue weighted by Gasteiger charge is -2.04. The maximum atomic E-state index is 10.4. The van der Waals surface area contributed by atoms with E-state index in [0.29, 0.717) is 5.75 Å². The smallest absolute Gasteiger partial charge is 0.409 e. The van der Waals surface area contributed by atoms with Crippen molar-refractivity contribution in [1.82, 2.24) is 4.98 Å². The third-order valence-corrected chi connectivity index (χ3v) is 1.77. The van der Waals surface area contributed by atoms with Crippen LogP contribution in [-0.2, 0) is 6.42 Å². The van der Waals surface area contributed by atoms with E-state index in [1.165, 1.54) is 6.20 Å². The fourth-order valence-electron chi connectivity index (χ4n) is 1.09. The summed E-state index contributed by atoms with van der Waals surface area (Å²) in [7, 11) is 0. The molecule has 0 saturated carbocycles. The van der Waals surface area contributed by atoms with Crippen molar-refractivity contribution < 1.29 is 9.53 Å². The number of pyridine rings is 1. The number of nitrogens with two attached hydrogens (primary N) is 1. The molecule has 0 fully saturated rings. The van der Waals surface area contributed by atoms with Gasteiger partial charge in [-0.15, -0.1) is 0 Å². The second kappa shape index (κ2) is 3.89. The molecule has 0 aliphatic carbocycles. The monoisotopic (exact) mass is 180 g/mol. The Kier molecular flexibility index (Phi) is 2.84. The Labute approximate surface area is 76.7 Å². The van der Waals surface area contributed by atoms with Gasteiger partial charge in [-0.05, 0) is 25.0 Å². The molecule has 4 nitrogen and oxygen atoms in total. The average Bonchev–Trinajstić information content (AvgIpc) is 2.07. The van der Waals surface area contributed by atoms with E-state index in [4.69, 9.17) is 5.73 Å².